The number of nitrogens with zero attached hydrogens (tertiary/aromatic N) is 1. The standard InChI is InChI=1S/C24H24ClNO5.C2H6/c1-5-10-30-24(28)17-6-9-22-20(12-17)15(2)16(3)26(22)13-18-11-19(7-8-21(18)25)31-14-23(27)29-4;1-2/h5-9,11-12H,1,10,13-14H2,2-4H3;1-2H3. The molecule has 6 nitrogen and oxygen atoms in total. The van der Waals surface area contributed by atoms with E-state index in [9.17, 15) is 9.59 Å². The summed E-state index contributed by atoms with van der Waals surface area (Å²) >= 11 is 6.43. The SMILES string of the molecule is C=CCOC(=O)c1ccc2c(c1)c(C)c(C)n2Cc1cc(OCC(=O)OC)ccc1Cl.CC. The number of rotatable bonds is 8. The number of aromatic nitrogens is 1. The first kappa shape index (κ1) is 26.0. The van der Waals surface area contributed by atoms with Crippen molar-refractivity contribution in [2.24, 2.45) is 0 Å². The number of carbonyl (C=O) groups excluding carboxylic acids is 2. The maximum absolute atomic E-state index is 12.2. The summed E-state index contributed by atoms with van der Waals surface area (Å²) in [7, 11) is 1.31. The lowest BCUT2D eigenvalue weighted by Crippen LogP contribution is -2.12. The Bertz CT molecular complexity index is 1150. The van der Waals surface area contributed by atoms with Gasteiger partial charge in [-0.15, -0.1) is 0 Å². The van der Waals surface area contributed by atoms with E-state index in [2.05, 4.69) is 15.9 Å². The Labute approximate surface area is 199 Å². The minimum absolute atomic E-state index is 0.169. The lowest BCUT2D eigenvalue weighted by atomic mass is 10.1. The van der Waals surface area contributed by atoms with E-state index in [0.29, 0.717) is 22.9 Å². The van der Waals surface area contributed by atoms with Gasteiger partial charge < -0.3 is 18.8 Å². The molecule has 0 aliphatic heterocycles. The highest BCUT2D eigenvalue weighted by Crippen LogP contribution is 2.30. The summed E-state index contributed by atoms with van der Waals surface area (Å²) in [5.41, 5.74) is 4.45. The summed E-state index contributed by atoms with van der Waals surface area (Å²) in [6.07, 6.45) is 1.54. The fourth-order valence-corrected chi connectivity index (χ4v) is 3.51. The number of aryl methyl sites for hydroxylation is 1. The third-order valence-electron chi connectivity index (χ3n) is 5.14. The number of esters is 2. The molecule has 0 fully saturated rings. The molecular weight excluding hydrogens is 442 g/mol. The first-order valence-corrected chi connectivity index (χ1v) is 11.1. The molecular formula is C26H30ClNO5. The van der Waals surface area contributed by atoms with Gasteiger partial charge in [-0.2, -0.15) is 0 Å². The third kappa shape index (κ3) is 6.17. The van der Waals surface area contributed by atoms with Crippen LogP contribution in [0.4, 0.5) is 0 Å². The maximum atomic E-state index is 12.2. The molecule has 1 aromatic heterocycles. The molecule has 2 aromatic carbocycles. The van der Waals surface area contributed by atoms with Gasteiger partial charge in [0.15, 0.2) is 6.61 Å². The molecule has 33 heavy (non-hydrogen) atoms. The molecule has 3 rings (SSSR count). The van der Waals surface area contributed by atoms with Gasteiger partial charge in [0.25, 0.3) is 0 Å². The van der Waals surface area contributed by atoms with Gasteiger partial charge in [-0.3, -0.25) is 0 Å². The van der Waals surface area contributed by atoms with Crippen LogP contribution >= 0.6 is 11.6 Å². The molecule has 1 heterocycles. The lowest BCUT2D eigenvalue weighted by molar-refractivity contribution is -0.142. The summed E-state index contributed by atoms with van der Waals surface area (Å²) < 4.78 is 17.4. The van der Waals surface area contributed by atoms with Crippen molar-refractivity contribution in [3.8, 4) is 5.75 Å². The first-order chi connectivity index (χ1) is 15.8. The van der Waals surface area contributed by atoms with Gasteiger partial charge in [0.2, 0.25) is 0 Å². The number of hydrogen-bond donors (Lipinski definition) is 0. The van der Waals surface area contributed by atoms with Crippen molar-refractivity contribution >= 4 is 34.4 Å². The van der Waals surface area contributed by atoms with Crippen molar-refractivity contribution in [2.75, 3.05) is 20.3 Å². The van der Waals surface area contributed by atoms with E-state index in [0.717, 1.165) is 27.7 Å². The van der Waals surface area contributed by atoms with Crippen LogP contribution in [0.5, 0.6) is 5.75 Å². The van der Waals surface area contributed by atoms with Crippen LogP contribution in [-0.2, 0) is 20.8 Å². The molecule has 3 aromatic rings. The highest BCUT2D eigenvalue weighted by molar-refractivity contribution is 6.31. The van der Waals surface area contributed by atoms with Crippen LogP contribution < -0.4 is 4.74 Å². The summed E-state index contributed by atoms with van der Waals surface area (Å²) in [5, 5.41) is 1.56. The average Bonchev–Trinajstić information content (AvgIpc) is 3.08. The van der Waals surface area contributed by atoms with E-state index in [1.54, 1.807) is 18.2 Å². The topological polar surface area (TPSA) is 66.8 Å². The number of carbonyl (C=O) groups is 2. The fraction of sp³-hybridized carbons (Fsp3) is 0.308. The van der Waals surface area contributed by atoms with E-state index in [1.165, 1.54) is 13.2 Å². The van der Waals surface area contributed by atoms with Crippen LogP contribution in [0.15, 0.2) is 49.1 Å². The molecule has 0 radical (unpaired) electrons. The average molecular weight is 472 g/mol. The van der Waals surface area contributed by atoms with Crippen molar-refractivity contribution in [3.63, 3.8) is 0 Å². The second-order valence-electron chi connectivity index (χ2n) is 7.03. The first-order valence-electron chi connectivity index (χ1n) is 10.7. The highest BCUT2D eigenvalue weighted by atomic mass is 35.5. The predicted octanol–water partition coefficient (Wildman–Crippen LogP) is 5.88. The van der Waals surface area contributed by atoms with Crippen molar-refractivity contribution in [2.45, 2.75) is 34.2 Å². The molecule has 176 valence electrons. The van der Waals surface area contributed by atoms with Crippen molar-refractivity contribution in [1.29, 1.82) is 0 Å². The van der Waals surface area contributed by atoms with Gasteiger partial charge in [0.1, 0.15) is 12.4 Å². The Morgan fingerprint density at radius 2 is 1.85 bits per heavy atom. The van der Waals surface area contributed by atoms with Gasteiger partial charge in [-0.05, 0) is 61.4 Å². The molecule has 0 bridgehead atoms. The van der Waals surface area contributed by atoms with Gasteiger partial charge in [-0.25, -0.2) is 9.59 Å². The van der Waals surface area contributed by atoms with E-state index >= 15 is 0 Å². The number of methoxy groups -OCH3 is 1. The maximum Gasteiger partial charge on any atom is 0.343 e. The quantitative estimate of drug-likeness (QED) is 0.303. The zero-order chi connectivity index (χ0) is 24.5. The van der Waals surface area contributed by atoms with E-state index in [4.69, 9.17) is 21.1 Å². The molecule has 0 atom stereocenters. The van der Waals surface area contributed by atoms with Crippen molar-refractivity contribution < 1.29 is 23.8 Å². The smallest absolute Gasteiger partial charge is 0.343 e. The number of hydrogen-bond acceptors (Lipinski definition) is 5. The molecule has 0 aliphatic carbocycles. The van der Waals surface area contributed by atoms with Gasteiger partial charge in [0.05, 0.1) is 12.7 Å². The van der Waals surface area contributed by atoms with Crippen LogP contribution in [-0.4, -0.2) is 36.8 Å². The summed E-state index contributed by atoms with van der Waals surface area (Å²) in [5.74, 6) is -0.310. The van der Waals surface area contributed by atoms with Gasteiger partial charge in [-0.1, -0.05) is 38.1 Å². The molecule has 0 amide bonds. The Hall–Kier alpha value is -3.25. The predicted molar refractivity (Wildman–Crippen MR) is 131 cm³/mol. The second kappa shape index (κ2) is 12.1. The van der Waals surface area contributed by atoms with Gasteiger partial charge in [0, 0.05) is 28.2 Å². The Kier molecular flexibility index (Phi) is 9.55. The molecule has 0 saturated carbocycles. The molecule has 7 heteroatoms. The Morgan fingerprint density at radius 1 is 1.12 bits per heavy atom. The molecule has 0 saturated heterocycles. The van der Waals surface area contributed by atoms with Crippen molar-refractivity contribution in [1.82, 2.24) is 4.57 Å². The number of halogens is 1. The monoisotopic (exact) mass is 471 g/mol. The largest absolute Gasteiger partial charge is 0.482 e. The van der Waals surface area contributed by atoms with E-state index < -0.39 is 5.97 Å². The number of ether oxygens (including phenoxy) is 3. The third-order valence-corrected chi connectivity index (χ3v) is 5.51. The minimum Gasteiger partial charge on any atom is -0.482 e. The highest BCUT2D eigenvalue weighted by Gasteiger charge is 2.16. The van der Waals surface area contributed by atoms with Gasteiger partial charge >= 0.3 is 11.9 Å². The number of fused-ring (bicyclic) bond motifs is 1. The second-order valence-corrected chi connectivity index (χ2v) is 7.44. The molecule has 0 aliphatic rings. The fourth-order valence-electron chi connectivity index (χ4n) is 3.33. The molecule has 0 N–H and O–H groups in total. The Balaban J connectivity index is 0.00000187. The van der Waals surface area contributed by atoms with E-state index in [-0.39, 0.29) is 19.2 Å². The minimum atomic E-state index is -0.457. The zero-order valence-electron chi connectivity index (χ0n) is 19.7. The van der Waals surface area contributed by atoms with Crippen LogP contribution in [0, 0.1) is 13.8 Å². The van der Waals surface area contributed by atoms with Crippen LogP contribution in [0.2, 0.25) is 5.02 Å². The van der Waals surface area contributed by atoms with Crippen LogP contribution in [0.3, 0.4) is 0 Å². The summed E-state index contributed by atoms with van der Waals surface area (Å²) in [6.45, 7) is 12.1. The molecule has 0 unspecified atom stereocenters. The van der Waals surface area contributed by atoms with Crippen molar-refractivity contribution in [3.05, 3.63) is 76.5 Å². The normalized spacial score (nSPS) is 10.2. The summed E-state index contributed by atoms with van der Waals surface area (Å²) in [4.78, 5) is 23.6. The van der Waals surface area contributed by atoms with Crippen LogP contribution in [0.1, 0.15) is 41.0 Å². The summed E-state index contributed by atoms with van der Waals surface area (Å²) in [6, 6.07) is 10.8. The van der Waals surface area contributed by atoms with Crippen LogP contribution in [0.25, 0.3) is 10.9 Å². The zero-order valence-corrected chi connectivity index (χ0v) is 20.5. The Morgan fingerprint density at radius 3 is 2.52 bits per heavy atom. The van der Waals surface area contributed by atoms with E-state index in [1.807, 2.05) is 45.9 Å². The molecule has 0 spiro atoms. The number of benzene rings is 2. The lowest BCUT2D eigenvalue weighted by Gasteiger charge is -2.13.